The molecule has 0 spiro atoms. The van der Waals surface area contributed by atoms with Crippen LogP contribution in [0.4, 0.5) is 0 Å². The van der Waals surface area contributed by atoms with Gasteiger partial charge in [0.05, 0.1) is 11.6 Å². The average molecular weight is 462 g/mol. The lowest BCUT2D eigenvalue weighted by molar-refractivity contribution is 0.153. The number of aromatic nitrogens is 2. The van der Waals surface area contributed by atoms with Crippen LogP contribution in [-0.4, -0.2) is 27.6 Å². The van der Waals surface area contributed by atoms with Crippen LogP contribution in [-0.2, 0) is 11.2 Å². The number of aliphatic imine (C=N–C) groups is 1. The molecule has 2 aromatic carbocycles. The fourth-order valence-electron chi connectivity index (χ4n) is 5.42. The Morgan fingerprint density at radius 1 is 1.00 bits per heavy atom. The van der Waals surface area contributed by atoms with Crippen LogP contribution in [0.1, 0.15) is 53.6 Å². The Balaban J connectivity index is 1.34. The van der Waals surface area contributed by atoms with Crippen molar-refractivity contribution in [2.75, 3.05) is 0 Å². The highest BCUT2D eigenvalue weighted by Crippen LogP contribution is 2.32. The molecule has 2 aliphatic rings. The van der Waals surface area contributed by atoms with Gasteiger partial charge in [-0.25, -0.2) is 4.99 Å². The van der Waals surface area contributed by atoms with Crippen LogP contribution in [0.2, 0.25) is 0 Å². The number of pyridine rings is 1. The van der Waals surface area contributed by atoms with Crippen molar-refractivity contribution < 1.29 is 4.74 Å². The minimum atomic E-state index is 0.259. The molecule has 0 bridgehead atoms. The van der Waals surface area contributed by atoms with E-state index in [1.165, 1.54) is 40.4 Å². The molecular formula is C31H31N3O. The van der Waals surface area contributed by atoms with Crippen LogP contribution in [0.15, 0.2) is 78.1 Å². The number of hydrogen-bond acceptors (Lipinski definition) is 3. The fraction of sp³-hybridized carbons (Fsp3) is 0.290. The van der Waals surface area contributed by atoms with E-state index in [0.29, 0.717) is 6.04 Å². The van der Waals surface area contributed by atoms with Gasteiger partial charge in [-0.3, -0.25) is 4.98 Å². The molecular weight excluding hydrogens is 430 g/mol. The second-order valence-corrected chi connectivity index (χ2v) is 9.90. The zero-order valence-electron chi connectivity index (χ0n) is 20.4. The molecule has 4 heteroatoms. The van der Waals surface area contributed by atoms with E-state index in [0.717, 1.165) is 42.1 Å². The van der Waals surface area contributed by atoms with Crippen molar-refractivity contribution in [3.8, 4) is 5.69 Å². The van der Waals surface area contributed by atoms with Gasteiger partial charge >= 0.3 is 0 Å². The molecule has 2 atom stereocenters. The summed E-state index contributed by atoms with van der Waals surface area (Å²) in [4.78, 5) is 9.46. The third kappa shape index (κ3) is 4.41. The maximum Gasteiger partial charge on any atom is 0.216 e. The van der Waals surface area contributed by atoms with Crippen molar-refractivity contribution in [3.05, 3.63) is 101 Å². The van der Waals surface area contributed by atoms with Gasteiger partial charge in [0.1, 0.15) is 6.10 Å². The molecule has 1 saturated carbocycles. The van der Waals surface area contributed by atoms with Crippen LogP contribution in [0.3, 0.4) is 0 Å². The normalized spacial score (nSPS) is 19.7. The van der Waals surface area contributed by atoms with E-state index in [9.17, 15) is 0 Å². The third-order valence-electron chi connectivity index (χ3n) is 7.14. The number of hydrogen-bond donors (Lipinski definition) is 0. The second kappa shape index (κ2) is 9.18. The molecule has 0 unspecified atom stereocenters. The first kappa shape index (κ1) is 21.8. The number of nitrogens with zero attached hydrogens (tertiary/aromatic N) is 3. The quantitative estimate of drug-likeness (QED) is 0.321. The summed E-state index contributed by atoms with van der Waals surface area (Å²) in [7, 11) is 0. The molecule has 0 N–H and O–H groups in total. The third-order valence-corrected chi connectivity index (χ3v) is 7.14. The van der Waals surface area contributed by atoms with Gasteiger partial charge in [-0.2, -0.15) is 0 Å². The van der Waals surface area contributed by atoms with Gasteiger partial charge < -0.3 is 9.30 Å². The largest absolute Gasteiger partial charge is 0.472 e. The number of allylic oxidation sites excluding steroid dienone is 1. The molecule has 1 aliphatic carbocycles. The van der Waals surface area contributed by atoms with Gasteiger partial charge in [0, 0.05) is 46.7 Å². The molecule has 35 heavy (non-hydrogen) atoms. The molecule has 1 aliphatic heterocycles. The SMILES string of the molecule is Cc1cc(C2=N[C@H]3CCCC[C@@H]3O2)cc(-n2cc(/C=C\Cc3cc(C)ccn3)c3ccccc32)c1. The summed E-state index contributed by atoms with van der Waals surface area (Å²) in [6.45, 7) is 4.26. The van der Waals surface area contributed by atoms with Gasteiger partial charge in [-0.1, -0.05) is 36.8 Å². The van der Waals surface area contributed by atoms with Gasteiger partial charge in [0.25, 0.3) is 0 Å². The lowest BCUT2D eigenvalue weighted by Gasteiger charge is -2.22. The van der Waals surface area contributed by atoms with E-state index in [1.807, 2.05) is 12.3 Å². The van der Waals surface area contributed by atoms with E-state index in [4.69, 9.17) is 9.73 Å². The highest BCUT2D eigenvalue weighted by molar-refractivity contribution is 5.97. The fourth-order valence-corrected chi connectivity index (χ4v) is 5.42. The molecule has 0 amide bonds. The van der Waals surface area contributed by atoms with Crippen molar-refractivity contribution in [1.82, 2.24) is 9.55 Å². The standard InChI is InChI=1S/C31H31N3O/c1-21-14-15-32-25(17-21)9-7-8-23-20-34(29-12-5-3-10-27(23)29)26-18-22(2)16-24(19-26)31-33-28-11-4-6-13-30(28)35-31/h3,5,7-8,10,12,14-20,28,30H,4,6,9,11,13H2,1-2H3/b8-7-/t28-,30-/m0/s1. The number of fused-ring (bicyclic) bond motifs is 2. The number of ether oxygens (including phenoxy) is 1. The highest BCUT2D eigenvalue weighted by Gasteiger charge is 2.33. The first-order valence-corrected chi connectivity index (χ1v) is 12.7. The van der Waals surface area contributed by atoms with Crippen molar-refractivity contribution in [1.29, 1.82) is 0 Å². The van der Waals surface area contributed by atoms with Crippen molar-refractivity contribution in [2.24, 2.45) is 4.99 Å². The van der Waals surface area contributed by atoms with E-state index in [2.05, 4.69) is 90.3 Å². The summed E-state index contributed by atoms with van der Waals surface area (Å²) in [5, 5.41) is 1.24. The lowest BCUT2D eigenvalue weighted by atomic mass is 9.94. The minimum Gasteiger partial charge on any atom is -0.472 e. The van der Waals surface area contributed by atoms with Gasteiger partial charge in [0.15, 0.2) is 0 Å². The molecule has 6 rings (SSSR count). The Labute approximate surface area is 207 Å². The topological polar surface area (TPSA) is 39.4 Å². The zero-order valence-corrected chi connectivity index (χ0v) is 20.4. The Kier molecular flexibility index (Phi) is 5.73. The minimum absolute atomic E-state index is 0.259. The summed E-state index contributed by atoms with van der Waals surface area (Å²) in [6.07, 6.45) is 14.4. The summed E-state index contributed by atoms with van der Waals surface area (Å²) in [6, 6.07) is 19.8. The first-order chi connectivity index (χ1) is 17.1. The Morgan fingerprint density at radius 3 is 2.77 bits per heavy atom. The molecule has 4 nitrogen and oxygen atoms in total. The Hall–Kier alpha value is -3.66. The molecule has 176 valence electrons. The maximum absolute atomic E-state index is 6.32. The van der Waals surface area contributed by atoms with E-state index in [1.54, 1.807) is 0 Å². The number of para-hydroxylation sites is 1. The maximum atomic E-state index is 6.32. The van der Waals surface area contributed by atoms with Gasteiger partial charge in [-0.05, 0) is 80.6 Å². The molecule has 1 fully saturated rings. The average Bonchev–Trinajstić information content (AvgIpc) is 3.46. The predicted octanol–water partition coefficient (Wildman–Crippen LogP) is 6.99. The highest BCUT2D eigenvalue weighted by atomic mass is 16.5. The van der Waals surface area contributed by atoms with Crippen molar-refractivity contribution in [3.63, 3.8) is 0 Å². The van der Waals surface area contributed by atoms with Crippen LogP contribution >= 0.6 is 0 Å². The van der Waals surface area contributed by atoms with E-state index < -0.39 is 0 Å². The molecule has 4 aromatic rings. The van der Waals surface area contributed by atoms with Crippen molar-refractivity contribution >= 4 is 22.9 Å². The van der Waals surface area contributed by atoms with Crippen molar-refractivity contribution in [2.45, 2.75) is 58.1 Å². The Bertz CT molecular complexity index is 1440. The number of aryl methyl sites for hydroxylation is 2. The second-order valence-electron chi connectivity index (χ2n) is 9.90. The van der Waals surface area contributed by atoms with Crippen LogP contribution in [0.5, 0.6) is 0 Å². The number of rotatable bonds is 5. The van der Waals surface area contributed by atoms with Crippen LogP contribution in [0, 0.1) is 13.8 Å². The zero-order chi connectivity index (χ0) is 23.8. The molecule has 2 aromatic heterocycles. The molecule has 0 radical (unpaired) electrons. The van der Waals surface area contributed by atoms with Gasteiger partial charge in [0.2, 0.25) is 5.90 Å². The van der Waals surface area contributed by atoms with Crippen LogP contribution in [0.25, 0.3) is 22.7 Å². The molecule has 3 heterocycles. The number of benzene rings is 2. The Morgan fingerprint density at radius 2 is 1.89 bits per heavy atom. The van der Waals surface area contributed by atoms with E-state index >= 15 is 0 Å². The summed E-state index contributed by atoms with van der Waals surface area (Å²) in [5.41, 5.74) is 8.15. The summed E-state index contributed by atoms with van der Waals surface area (Å²) >= 11 is 0. The smallest absolute Gasteiger partial charge is 0.216 e. The van der Waals surface area contributed by atoms with Gasteiger partial charge in [-0.15, -0.1) is 0 Å². The monoisotopic (exact) mass is 461 g/mol. The summed E-state index contributed by atoms with van der Waals surface area (Å²) in [5.74, 6) is 0.814. The predicted molar refractivity (Wildman–Crippen MR) is 143 cm³/mol. The first-order valence-electron chi connectivity index (χ1n) is 12.7. The van der Waals surface area contributed by atoms with E-state index in [-0.39, 0.29) is 6.10 Å². The molecule has 0 saturated heterocycles. The lowest BCUT2D eigenvalue weighted by Crippen LogP contribution is -2.26. The van der Waals surface area contributed by atoms with Crippen LogP contribution < -0.4 is 0 Å². The summed E-state index contributed by atoms with van der Waals surface area (Å²) < 4.78 is 8.61.